The van der Waals surface area contributed by atoms with Gasteiger partial charge in [0, 0.05) is 15.6 Å². The second-order valence-corrected chi connectivity index (χ2v) is 8.53. The molecule has 0 unspecified atom stereocenters. The van der Waals surface area contributed by atoms with Gasteiger partial charge in [0.05, 0.1) is 0 Å². The second kappa shape index (κ2) is 6.72. The molecule has 4 heteroatoms. The molecule has 0 aliphatic carbocycles. The van der Waals surface area contributed by atoms with Gasteiger partial charge in [0.25, 0.3) is 0 Å². The van der Waals surface area contributed by atoms with Crippen molar-refractivity contribution in [2.45, 2.75) is 5.85 Å². The van der Waals surface area contributed by atoms with Gasteiger partial charge in [-0.1, -0.05) is 84.4 Å². The van der Waals surface area contributed by atoms with Gasteiger partial charge in [-0.05, 0) is 17.7 Å². The summed E-state index contributed by atoms with van der Waals surface area (Å²) in [6.45, 7) is 0. The van der Waals surface area contributed by atoms with E-state index in [4.69, 9.17) is 11.6 Å². The number of aliphatic hydroxyl groups excluding tert-OH is 1. The Balaban J connectivity index is 2.16. The average molecular weight is 343 g/mol. The van der Waals surface area contributed by atoms with Crippen LogP contribution in [0.1, 0.15) is 11.4 Å². The summed E-state index contributed by atoms with van der Waals surface area (Å²) >= 11 is 5.91. The van der Waals surface area contributed by atoms with E-state index in [2.05, 4.69) is 0 Å². The fraction of sp³-hybridized carbons (Fsp3) is 0.0526. The third-order valence-corrected chi connectivity index (χ3v) is 7.16. The van der Waals surface area contributed by atoms with Crippen LogP contribution in [0.25, 0.3) is 0 Å². The van der Waals surface area contributed by atoms with E-state index in [0.29, 0.717) is 21.2 Å². The van der Waals surface area contributed by atoms with Crippen LogP contribution in [0.15, 0.2) is 84.9 Å². The minimum atomic E-state index is -3.24. The van der Waals surface area contributed by atoms with E-state index in [0.717, 1.165) is 0 Å². The maximum Gasteiger partial charge on any atom is 0.174 e. The highest BCUT2D eigenvalue weighted by Crippen LogP contribution is 2.55. The zero-order chi connectivity index (χ0) is 16.3. The van der Waals surface area contributed by atoms with Crippen LogP contribution in [0.3, 0.4) is 0 Å². The minimum absolute atomic E-state index is 0.579. The summed E-state index contributed by atoms with van der Waals surface area (Å²) in [7, 11) is -3.24. The van der Waals surface area contributed by atoms with Crippen molar-refractivity contribution in [3.8, 4) is 0 Å². The van der Waals surface area contributed by atoms with Crippen LogP contribution < -0.4 is 10.6 Å². The molecule has 0 radical (unpaired) electrons. The highest BCUT2D eigenvalue weighted by atomic mass is 35.5. The van der Waals surface area contributed by atoms with Gasteiger partial charge in [0.15, 0.2) is 7.14 Å². The van der Waals surface area contributed by atoms with Crippen molar-refractivity contribution in [3.05, 3.63) is 95.5 Å². The first-order chi connectivity index (χ1) is 11.1. The molecule has 0 aliphatic heterocycles. The predicted octanol–water partition coefficient (Wildman–Crippen LogP) is 4.35. The van der Waals surface area contributed by atoms with Crippen LogP contribution >= 0.6 is 18.7 Å². The van der Waals surface area contributed by atoms with Crippen molar-refractivity contribution in [1.29, 1.82) is 0 Å². The average Bonchev–Trinajstić information content (AvgIpc) is 2.62. The Bertz CT molecular complexity index is 774. The van der Waals surface area contributed by atoms with Crippen molar-refractivity contribution in [3.63, 3.8) is 0 Å². The van der Waals surface area contributed by atoms with Crippen molar-refractivity contribution in [2.75, 3.05) is 0 Å². The highest BCUT2D eigenvalue weighted by Gasteiger charge is 2.36. The maximum absolute atomic E-state index is 13.9. The molecular formula is C19H16ClO2P. The van der Waals surface area contributed by atoms with Crippen molar-refractivity contribution < 1.29 is 9.67 Å². The van der Waals surface area contributed by atoms with Crippen LogP contribution in [0, 0.1) is 0 Å². The molecule has 3 aromatic carbocycles. The lowest BCUT2D eigenvalue weighted by atomic mass is 10.2. The number of aliphatic hydroxyl groups is 1. The number of halogens is 1. The normalized spacial score (nSPS) is 12.8. The molecule has 116 valence electrons. The molecule has 3 aromatic rings. The topological polar surface area (TPSA) is 37.3 Å². The molecule has 0 bridgehead atoms. The molecule has 23 heavy (non-hydrogen) atoms. The SMILES string of the molecule is O=P(c1ccccc1)(c1ccccc1)[C@@H](O)c1ccc(Cl)cc1. The molecule has 1 N–H and O–H groups in total. The number of benzene rings is 3. The van der Waals surface area contributed by atoms with Crippen LogP contribution in [-0.4, -0.2) is 5.11 Å². The standard InChI is InChI=1S/C19H16ClO2P/c20-16-13-11-15(12-14-16)19(21)23(22,17-7-3-1-4-8-17)18-9-5-2-6-10-18/h1-14,19,21H/t19-/m1/s1. The van der Waals surface area contributed by atoms with Gasteiger partial charge in [0.1, 0.15) is 5.85 Å². The Morgan fingerprint density at radius 1 is 0.739 bits per heavy atom. The fourth-order valence-electron chi connectivity index (χ4n) is 2.58. The van der Waals surface area contributed by atoms with E-state index >= 15 is 0 Å². The number of rotatable bonds is 4. The third kappa shape index (κ3) is 3.11. The Kier molecular flexibility index (Phi) is 4.68. The molecular weight excluding hydrogens is 327 g/mol. The zero-order valence-electron chi connectivity index (χ0n) is 12.3. The van der Waals surface area contributed by atoms with Gasteiger partial charge in [0.2, 0.25) is 0 Å². The highest BCUT2D eigenvalue weighted by molar-refractivity contribution is 7.78. The first-order valence-electron chi connectivity index (χ1n) is 7.27. The van der Waals surface area contributed by atoms with Gasteiger partial charge in [-0.3, -0.25) is 0 Å². The van der Waals surface area contributed by atoms with E-state index in [1.807, 2.05) is 36.4 Å². The first kappa shape index (κ1) is 16.0. The molecule has 1 atom stereocenters. The molecule has 0 spiro atoms. The second-order valence-electron chi connectivity index (χ2n) is 5.25. The summed E-state index contributed by atoms with van der Waals surface area (Å²) in [4.78, 5) is 0. The molecule has 0 saturated heterocycles. The summed E-state index contributed by atoms with van der Waals surface area (Å²) in [5.41, 5.74) is 0.588. The molecule has 0 heterocycles. The molecule has 3 rings (SSSR count). The Morgan fingerprint density at radius 2 is 1.17 bits per heavy atom. The maximum atomic E-state index is 13.9. The number of hydrogen-bond acceptors (Lipinski definition) is 2. The monoisotopic (exact) mass is 342 g/mol. The Morgan fingerprint density at radius 3 is 1.61 bits per heavy atom. The molecule has 0 saturated carbocycles. The van der Waals surface area contributed by atoms with E-state index in [9.17, 15) is 9.67 Å². The quantitative estimate of drug-likeness (QED) is 0.716. The Labute approximate surface area is 140 Å². The molecule has 0 amide bonds. The van der Waals surface area contributed by atoms with Crippen LogP contribution in [0.5, 0.6) is 0 Å². The molecule has 0 aliphatic rings. The van der Waals surface area contributed by atoms with Gasteiger partial charge in [-0.15, -0.1) is 0 Å². The van der Waals surface area contributed by atoms with Crippen molar-refractivity contribution in [1.82, 2.24) is 0 Å². The van der Waals surface area contributed by atoms with Crippen LogP contribution in [-0.2, 0) is 4.57 Å². The summed E-state index contributed by atoms with van der Waals surface area (Å²) in [6.07, 6.45) is 0. The van der Waals surface area contributed by atoms with Crippen LogP contribution in [0.4, 0.5) is 0 Å². The van der Waals surface area contributed by atoms with Gasteiger partial charge in [-0.25, -0.2) is 0 Å². The van der Waals surface area contributed by atoms with Gasteiger partial charge < -0.3 is 9.67 Å². The van der Waals surface area contributed by atoms with Crippen LogP contribution in [0.2, 0.25) is 5.02 Å². The van der Waals surface area contributed by atoms with E-state index in [-0.39, 0.29) is 0 Å². The first-order valence-corrected chi connectivity index (χ1v) is 9.42. The summed E-state index contributed by atoms with van der Waals surface area (Å²) in [5, 5.41) is 12.8. The predicted molar refractivity (Wildman–Crippen MR) is 96.2 cm³/mol. The zero-order valence-corrected chi connectivity index (χ0v) is 14.0. The van der Waals surface area contributed by atoms with Gasteiger partial charge in [-0.2, -0.15) is 0 Å². The molecule has 2 nitrogen and oxygen atoms in total. The summed E-state index contributed by atoms with van der Waals surface area (Å²) in [6, 6.07) is 25.1. The largest absolute Gasteiger partial charge is 0.380 e. The number of hydrogen-bond donors (Lipinski definition) is 1. The lowest BCUT2D eigenvalue weighted by Crippen LogP contribution is -2.21. The third-order valence-electron chi connectivity index (χ3n) is 3.79. The van der Waals surface area contributed by atoms with Crippen molar-refractivity contribution in [2.24, 2.45) is 0 Å². The Hall–Kier alpha value is -1.86. The minimum Gasteiger partial charge on any atom is -0.380 e. The fourth-order valence-corrected chi connectivity index (χ4v) is 5.39. The van der Waals surface area contributed by atoms with Crippen molar-refractivity contribution >= 4 is 29.4 Å². The van der Waals surface area contributed by atoms with E-state index in [1.54, 1.807) is 48.5 Å². The van der Waals surface area contributed by atoms with E-state index < -0.39 is 13.0 Å². The smallest absolute Gasteiger partial charge is 0.174 e. The molecule has 0 fully saturated rings. The lowest BCUT2D eigenvalue weighted by Gasteiger charge is -2.25. The summed E-state index contributed by atoms with van der Waals surface area (Å²) in [5.74, 6) is -1.12. The van der Waals surface area contributed by atoms with E-state index in [1.165, 1.54) is 0 Å². The lowest BCUT2D eigenvalue weighted by molar-refractivity contribution is 0.257. The van der Waals surface area contributed by atoms with Gasteiger partial charge >= 0.3 is 0 Å². The summed E-state index contributed by atoms with van der Waals surface area (Å²) < 4.78 is 13.9. The molecule has 0 aromatic heterocycles.